The van der Waals surface area contributed by atoms with Crippen molar-refractivity contribution in [3.05, 3.63) is 0 Å². The van der Waals surface area contributed by atoms with E-state index in [4.69, 9.17) is 5.73 Å². The van der Waals surface area contributed by atoms with Crippen molar-refractivity contribution in [2.24, 2.45) is 5.73 Å². The van der Waals surface area contributed by atoms with Crippen LogP contribution in [0.1, 0.15) is 34.1 Å². The van der Waals surface area contributed by atoms with Gasteiger partial charge in [0.15, 0.2) is 0 Å². The van der Waals surface area contributed by atoms with E-state index in [1.807, 2.05) is 27.7 Å². The van der Waals surface area contributed by atoms with Gasteiger partial charge in [0.1, 0.15) is 0 Å². The lowest BCUT2D eigenvalue weighted by Gasteiger charge is -2.24. The van der Waals surface area contributed by atoms with Gasteiger partial charge in [-0.1, -0.05) is 6.92 Å². The lowest BCUT2D eigenvalue weighted by molar-refractivity contribution is 0.482. The highest BCUT2D eigenvalue weighted by Gasteiger charge is 2.26. The summed E-state index contributed by atoms with van der Waals surface area (Å²) in [6.07, 6.45) is 0.544. The quantitative estimate of drug-likeness (QED) is 0.704. The van der Waals surface area contributed by atoms with Crippen molar-refractivity contribution in [3.8, 4) is 0 Å². The third-order valence-corrected chi connectivity index (χ3v) is 3.91. The number of nitrogens with two attached hydrogens (primary N) is 1. The molecule has 0 amide bonds. The summed E-state index contributed by atoms with van der Waals surface area (Å²) in [7, 11) is -3.26. The van der Waals surface area contributed by atoms with Crippen LogP contribution in [-0.4, -0.2) is 25.8 Å². The average molecular weight is 208 g/mol. The lowest BCUT2D eigenvalue weighted by atomic mass is 10.1. The molecule has 0 rings (SSSR count). The third kappa shape index (κ3) is 4.59. The summed E-state index contributed by atoms with van der Waals surface area (Å²) in [6, 6.07) is 0. The summed E-state index contributed by atoms with van der Waals surface area (Å²) in [5.41, 5.74) is 4.94. The van der Waals surface area contributed by atoms with Crippen molar-refractivity contribution >= 4 is 10.0 Å². The molecule has 1 atom stereocenters. The van der Waals surface area contributed by atoms with E-state index in [2.05, 4.69) is 4.72 Å². The van der Waals surface area contributed by atoms with Crippen molar-refractivity contribution in [2.75, 3.05) is 6.54 Å². The van der Waals surface area contributed by atoms with Crippen molar-refractivity contribution < 1.29 is 8.42 Å². The smallest absolute Gasteiger partial charge is 0.216 e. The third-order valence-electron chi connectivity index (χ3n) is 1.61. The van der Waals surface area contributed by atoms with Crippen molar-refractivity contribution in [1.29, 1.82) is 0 Å². The van der Waals surface area contributed by atoms with Gasteiger partial charge in [-0.05, 0) is 27.2 Å². The Morgan fingerprint density at radius 2 is 1.85 bits per heavy atom. The molecular formula is C8H20N2O2S. The number of rotatable bonds is 4. The second kappa shape index (κ2) is 4.39. The van der Waals surface area contributed by atoms with Crippen LogP contribution in [0.2, 0.25) is 0 Å². The minimum Gasteiger partial charge on any atom is -0.329 e. The van der Waals surface area contributed by atoms with Crippen LogP contribution in [0.25, 0.3) is 0 Å². The van der Waals surface area contributed by atoms with E-state index in [-0.39, 0.29) is 6.54 Å². The summed E-state index contributed by atoms with van der Waals surface area (Å²) in [5, 5.41) is -0.480. The molecular weight excluding hydrogens is 188 g/mol. The molecule has 1 unspecified atom stereocenters. The zero-order valence-corrected chi connectivity index (χ0v) is 9.61. The highest BCUT2D eigenvalue weighted by atomic mass is 32.2. The molecule has 0 aromatic rings. The maximum atomic E-state index is 11.6. The highest BCUT2D eigenvalue weighted by molar-refractivity contribution is 7.90. The van der Waals surface area contributed by atoms with Gasteiger partial charge in [-0.3, -0.25) is 0 Å². The van der Waals surface area contributed by atoms with Crippen molar-refractivity contribution in [2.45, 2.75) is 44.9 Å². The largest absolute Gasteiger partial charge is 0.329 e. The average Bonchev–Trinajstić information content (AvgIpc) is 1.83. The molecule has 0 aromatic heterocycles. The lowest BCUT2D eigenvalue weighted by Crippen LogP contribution is -2.47. The molecule has 0 spiro atoms. The van der Waals surface area contributed by atoms with E-state index in [9.17, 15) is 8.42 Å². The predicted molar refractivity (Wildman–Crippen MR) is 54.9 cm³/mol. The molecule has 13 heavy (non-hydrogen) atoms. The summed E-state index contributed by atoms with van der Waals surface area (Å²) in [5.74, 6) is 0. The minimum atomic E-state index is -3.26. The van der Waals surface area contributed by atoms with Crippen LogP contribution < -0.4 is 10.5 Å². The second-order valence-corrected chi connectivity index (χ2v) is 6.12. The number of hydrogen-bond donors (Lipinski definition) is 2. The van der Waals surface area contributed by atoms with Gasteiger partial charge in [-0.2, -0.15) is 0 Å². The van der Waals surface area contributed by atoms with E-state index in [0.29, 0.717) is 6.42 Å². The van der Waals surface area contributed by atoms with E-state index in [1.165, 1.54) is 0 Å². The fraction of sp³-hybridized carbons (Fsp3) is 1.00. The van der Waals surface area contributed by atoms with Crippen LogP contribution in [0.15, 0.2) is 0 Å². The standard InChI is InChI=1S/C8H20N2O2S/c1-5-7(6-9)13(11,12)10-8(2,3)4/h7,10H,5-6,9H2,1-4H3. The predicted octanol–water partition coefficient (Wildman–Crippen LogP) is 0.442. The maximum Gasteiger partial charge on any atom is 0.216 e. The Morgan fingerprint density at radius 3 is 2.08 bits per heavy atom. The first-order valence-corrected chi connectivity index (χ1v) is 6.00. The number of hydrogen-bond acceptors (Lipinski definition) is 3. The molecule has 0 radical (unpaired) electrons. The molecule has 0 fully saturated rings. The number of sulfonamides is 1. The van der Waals surface area contributed by atoms with Crippen molar-refractivity contribution in [3.63, 3.8) is 0 Å². The summed E-state index contributed by atoms with van der Waals surface area (Å²) < 4.78 is 25.8. The molecule has 0 bridgehead atoms. The van der Waals surface area contributed by atoms with Gasteiger partial charge in [0, 0.05) is 12.1 Å². The molecule has 0 aliphatic carbocycles. The molecule has 80 valence electrons. The molecule has 0 aromatic carbocycles. The molecule has 0 saturated heterocycles. The topological polar surface area (TPSA) is 72.2 Å². The minimum absolute atomic E-state index is 0.169. The first-order valence-electron chi connectivity index (χ1n) is 4.46. The van der Waals surface area contributed by atoms with Crippen LogP contribution >= 0.6 is 0 Å². The SMILES string of the molecule is CCC(CN)S(=O)(=O)NC(C)(C)C. The maximum absolute atomic E-state index is 11.6. The monoisotopic (exact) mass is 208 g/mol. The van der Waals surface area contributed by atoms with E-state index < -0.39 is 20.8 Å². The zero-order chi connectivity index (χ0) is 10.7. The van der Waals surface area contributed by atoms with Gasteiger partial charge in [0.2, 0.25) is 10.0 Å². The Bertz CT molecular complexity index is 237. The first-order chi connectivity index (χ1) is 5.73. The van der Waals surface area contributed by atoms with Gasteiger partial charge in [0.25, 0.3) is 0 Å². The fourth-order valence-electron chi connectivity index (χ4n) is 1.02. The Kier molecular flexibility index (Phi) is 4.35. The summed E-state index contributed by atoms with van der Waals surface area (Å²) in [6.45, 7) is 7.43. The molecule has 5 heteroatoms. The molecule has 0 saturated carbocycles. The van der Waals surface area contributed by atoms with Crippen LogP contribution in [0.5, 0.6) is 0 Å². The van der Waals surface area contributed by atoms with Crippen LogP contribution in [0.4, 0.5) is 0 Å². The molecule has 4 nitrogen and oxygen atoms in total. The van der Waals surface area contributed by atoms with E-state index in [0.717, 1.165) is 0 Å². The van der Waals surface area contributed by atoms with Gasteiger partial charge in [-0.15, -0.1) is 0 Å². The Labute approximate surface area is 80.9 Å². The van der Waals surface area contributed by atoms with Gasteiger partial charge in [0.05, 0.1) is 5.25 Å². The number of nitrogens with one attached hydrogen (secondary N) is 1. The molecule has 0 aliphatic heterocycles. The second-order valence-electron chi connectivity index (χ2n) is 4.16. The first kappa shape index (κ1) is 12.9. The molecule has 0 heterocycles. The fourth-order valence-corrected chi connectivity index (χ4v) is 2.74. The Hall–Kier alpha value is -0.130. The van der Waals surface area contributed by atoms with E-state index >= 15 is 0 Å². The van der Waals surface area contributed by atoms with Crippen LogP contribution in [-0.2, 0) is 10.0 Å². The molecule has 0 aliphatic rings. The summed E-state index contributed by atoms with van der Waals surface area (Å²) in [4.78, 5) is 0. The van der Waals surface area contributed by atoms with Crippen LogP contribution in [0, 0.1) is 0 Å². The van der Waals surface area contributed by atoms with Crippen molar-refractivity contribution in [1.82, 2.24) is 4.72 Å². The summed E-state index contributed by atoms with van der Waals surface area (Å²) >= 11 is 0. The molecule has 3 N–H and O–H groups in total. The van der Waals surface area contributed by atoms with Crippen LogP contribution in [0.3, 0.4) is 0 Å². The highest BCUT2D eigenvalue weighted by Crippen LogP contribution is 2.08. The van der Waals surface area contributed by atoms with Gasteiger partial charge >= 0.3 is 0 Å². The van der Waals surface area contributed by atoms with Gasteiger partial charge in [-0.25, -0.2) is 13.1 Å². The van der Waals surface area contributed by atoms with Gasteiger partial charge < -0.3 is 5.73 Å². The Balaban J connectivity index is 4.58. The normalized spacial score (nSPS) is 15.8. The Morgan fingerprint density at radius 1 is 1.38 bits per heavy atom. The zero-order valence-electron chi connectivity index (χ0n) is 8.79. The van der Waals surface area contributed by atoms with E-state index in [1.54, 1.807) is 0 Å².